The van der Waals surface area contributed by atoms with Crippen LogP contribution in [-0.4, -0.2) is 62.2 Å². The SMILES string of the molecule is CCN(CC)C1CCN(CC(C)(CC)CNC)C1. The highest BCUT2D eigenvalue weighted by Gasteiger charge is 2.31. The van der Waals surface area contributed by atoms with Gasteiger partial charge >= 0.3 is 0 Å². The highest BCUT2D eigenvalue weighted by molar-refractivity contribution is 4.87. The molecule has 1 fully saturated rings. The molecule has 1 N–H and O–H groups in total. The molecule has 3 heteroatoms. The van der Waals surface area contributed by atoms with Gasteiger partial charge in [0.2, 0.25) is 0 Å². The van der Waals surface area contributed by atoms with Crippen LogP contribution >= 0.6 is 0 Å². The summed E-state index contributed by atoms with van der Waals surface area (Å²) in [6.45, 7) is 16.6. The van der Waals surface area contributed by atoms with Crippen LogP contribution < -0.4 is 5.32 Å². The van der Waals surface area contributed by atoms with Crippen molar-refractivity contribution in [3.8, 4) is 0 Å². The van der Waals surface area contributed by atoms with E-state index in [1.54, 1.807) is 0 Å². The number of nitrogens with one attached hydrogen (secondary N) is 1. The van der Waals surface area contributed by atoms with E-state index >= 15 is 0 Å². The molecule has 108 valence electrons. The van der Waals surface area contributed by atoms with Crippen molar-refractivity contribution in [3.63, 3.8) is 0 Å². The first-order valence-electron chi connectivity index (χ1n) is 7.69. The van der Waals surface area contributed by atoms with Crippen molar-refractivity contribution in [2.24, 2.45) is 5.41 Å². The molecule has 1 aliphatic heterocycles. The lowest BCUT2D eigenvalue weighted by Crippen LogP contribution is -2.42. The molecule has 0 aromatic rings. The molecule has 1 aliphatic rings. The van der Waals surface area contributed by atoms with Crippen molar-refractivity contribution >= 4 is 0 Å². The molecule has 1 saturated heterocycles. The fraction of sp³-hybridized carbons (Fsp3) is 1.00. The lowest BCUT2D eigenvalue weighted by Gasteiger charge is -2.33. The topological polar surface area (TPSA) is 18.5 Å². The van der Waals surface area contributed by atoms with Crippen LogP contribution in [0.2, 0.25) is 0 Å². The standard InChI is InChI=1S/C15H33N3/c1-6-15(4,12-16-5)13-17-10-9-14(11-17)18(7-2)8-3/h14,16H,6-13H2,1-5H3. The Hall–Kier alpha value is -0.120. The number of hydrogen-bond donors (Lipinski definition) is 1. The predicted octanol–water partition coefficient (Wildman–Crippen LogP) is 2.04. The minimum Gasteiger partial charge on any atom is -0.319 e. The molecule has 0 saturated carbocycles. The van der Waals surface area contributed by atoms with Gasteiger partial charge in [-0.3, -0.25) is 4.90 Å². The zero-order valence-electron chi connectivity index (χ0n) is 13.1. The summed E-state index contributed by atoms with van der Waals surface area (Å²) in [4.78, 5) is 5.28. The second kappa shape index (κ2) is 7.46. The van der Waals surface area contributed by atoms with Crippen LogP contribution in [0.15, 0.2) is 0 Å². The third-order valence-corrected chi connectivity index (χ3v) is 4.64. The van der Waals surface area contributed by atoms with Crippen LogP contribution in [0.5, 0.6) is 0 Å². The number of nitrogens with zero attached hydrogens (tertiary/aromatic N) is 2. The number of likely N-dealkylation sites (N-methyl/N-ethyl adjacent to an activating group) is 1. The van der Waals surface area contributed by atoms with Crippen LogP contribution in [0, 0.1) is 5.41 Å². The molecule has 0 spiro atoms. The number of hydrogen-bond acceptors (Lipinski definition) is 3. The Kier molecular flexibility index (Phi) is 6.61. The summed E-state index contributed by atoms with van der Waals surface area (Å²) in [5, 5.41) is 3.35. The molecular weight excluding hydrogens is 222 g/mol. The third-order valence-electron chi connectivity index (χ3n) is 4.64. The molecule has 0 aliphatic carbocycles. The van der Waals surface area contributed by atoms with Gasteiger partial charge in [0.1, 0.15) is 0 Å². The molecule has 1 rings (SSSR count). The van der Waals surface area contributed by atoms with Crippen LogP contribution in [0.25, 0.3) is 0 Å². The summed E-state index contributed by atoms with van der Waals surface area (Å²) < 4.78 is 0. The van der Waals surface area contributed by atoms with Crippen molar-refractivity contribution in [1.82, 2.24) is 15.1 Å². The van der Waals surface area contributed by atoms with Crippen LogP contribution in [0.4, 0.5) is 0 Å². The van der Waals surface area contributed by atoms with Gasteiger partial charge in [-0.2, -0.15) is 0 Å². The molecule has 0 amide bonds. The predicted molar refractivity (Wildman–Crippen MR) is 80.1 cm³/mol. The minimum absolute atomic E-state index is 0.424. The summed E-state index contributed by atoms with van der Waals surface area (Å²) in [5.41, 5.74) is 0.424. The van der Waals surface area contributed by atoms with Crippen LogP contribution in [0.3, 0.4) is 0 Å². The molecule has 0 aromatic heterocycles. The number of rotatable bonds is 8. The average Bonchev–Trinajstić information content (AvgIpc) is 2.79. The molecule has 0 radical (unpaired) electrons. The van der Waals surface area contributed by atoms with Gasteiger partial charge in [-0.05, 0) is 44.9 Å². The second-order valence-corrected chi connectivity index (χ2v) is 6.09. The quantitative estimate of drug-likeness (QED) is 0.716. The molecule has 2 atom stereocenters. The van der Waals surface area contributed by atoms with Crippen LogP contribution in [0.1, 0.15) is 40.5 Å². The maximum absolute atomic E-state index is 3.35. The first-order valence-corrected chi connectivity index (χ1v) is 7.69. The van der Waals surface area contributed by atoms with Gasteiger partial charge in [-0.15, -0.1) is 0 Å². The van der Waals surface area contributed by atoms with Gasteiger partial charge in [-0.25, -0.2) is 0 Å². The van der Waals surface area contributed by atoms with E-state index in [2.05, 4.69) is 49.9 Å². The monoisotopic (exact) mass is 255 g/mol. The first kappa shape index (κ1) is 15.9. The number of likely N-dealkylation sites (tertiary alicyclic amines) is 1. The summed E-state index contributed by atoms with van der Waals surface area (Å²) >= 11 is 0. The van der Waals surface area contributed by atoms with Crippen molar-refractivity contribution in [2.75, 3.05) is 46.3 Å². The lowest BCUT2D eigenvalue weighted by molar-refractivity contribution is 0.162. The summed E-state index contributed by atoms with van der Waals surface area (Å²) in [6, 6.07) is 0.788. The Morgan fingerprint density at radius 2 is 1.94 bits per heavy atom. The van der Waals surface area contributed by atoms with Crippen LogP contribution in [-0.2, 0) is 0 Å². The van der Waals surface area contributed by atoms with Crippen molar-refractivity contribution in [3.05, 3.63) is 0 Å². The fourth-order valence-electron chi connectivity index (χ4n) is 3.25. The Balaban J connectivity index is 2.46. The van der Waals surface area contributed by atoms with Gasteiger partial charge in [-0.1, -0.05) is 27.7 Å². The second-order valence-electron chi connectivity index (χ2n) is 6.09. The van der Waals surface area contributed by atoms with Crippen molar-refractivity contribution in [2.45, 2.75) is 46.6 Å². The molecule has 2 unspecified atom stereocenters. The fourth-order valence-corrected chi connectivity index (χ4v) is 3.25. The highest BCUT2D eigenvalue weighted by Crippen LogP contribution is 2.25. The normalized spacial score (nSPS) is 24.7. The van der Waals surface area contributed by atoms with Gasteiger partial charge in [0.15, 0.2) is 0 Å². The first-order chi connectivity index (χ1) is 8.58. The zero-order chi connectivity index (χ0) is 13.6. The Labute approximate surface area is 114 Å². The maximum atomic E-state index is 3.35. The zero-order valence-corrected chi connectivity index (χ0v) is 13.1. The Bertz CT molecular complexity index is 228. The largest absolute Gasteiger partial charge is 0.319 e. The molecular formula is C15H33N3. The van der Waals surface area contributed by atoms with E-state index in [9.17, 15) is 0 Å². The molecule has 0 bridgehead atoms. The Morgan fingerprint density at radius 1 is 1.28 bits per heavy atom. The van der Waals surface area contributed by atoms with Crippen molar-refractivity contribution < 1.29 is 0 Å². The average molecular weight is 255 g/mol. The van der Waals surface area contributed by atoms with E-state index in [1.807, 2.05) is 0 Å². The molecule has 1 heterocycles. The maximum Gasteiger partial charge on any atom is 0.0235 e. The van der Waals surface area contributed by atoms with Gasteiger partial charge in [0.05, 0.1) is 0 Å². The Morgan fingerprint density at radius 3 is 2.44 bits per heavy atom. The minimum atomic E-state index is 0.424. The third kappa shape index (κ3) is 4.22. The van der Waals surface area contributed by atoms with Gasteiger partial charge in [0.25, 0.3) is 0 Å². The van der Waals surface area contributed by atoms with E-state index in [0.29, 0.717) is 5.41 Å². The molecule has 3 nitrogen and oxygen atoms in total. The summed E-state index contributed by atoms with van der Waals surface area (Å²) in [5.74, 6) is 0. The van der Waals surface area contributed by atoms with Crippen molar-refractivity contribution in [1.29, 1.82) is 0 Å². The summed E-state index contributed by atoms with van der Waals surface area (Å²) in [7, 11) is 2.07. The van der Waals surface area contributed by atoms with E-state index in [-0.39, 0.29) is 0 Å². The van der Waals surface area contributed by atoms with Gasteiger partial charge in [0, 0.05) is 25.7 Å². The van der Waals surface area contributed by atoms with E-state index in [0.717, 1.165) is 12.6 Å². The smallest absolute Gasteiger partial charge is 0.0235 e. The van der Waals surface area contributed by atoms with E-state index in [1.165, 1.54) is 45.6 Å². The lowest BCUT2D eigenvalue weighted by atomic mass is 9.87. The van der Waals surface area contributed by atoms with Gasteiger partial charge < -0.3 is 10.2 Å². The molecule has 0 aromatic carbocycles. The van der Waals surface area contributed by atoms with E-state index in [4.69, 9.17) is 0 Å². The molecule has 18 heavy (non-hydrogen) atoms. The van der Waals surface area contributed by atoms with E-state index < -0.39 is 0 Å². The summed E-state index contributed by atoms with van der Waals surface area (Å²) in [6.07, 6.45) is 2.60. The highest BCUT2D eigenvalue weighted by atomic mass is 15.3.